The fraction of sp³-hybridized carbons (Fsp3) is 0.600. The molecule has 1 saturated carbocycles. The maximum Gasteiger partial charge on any atom is 0.307 e. The quantitative estimate of drug-likeness (QED) is 0.666. The van der Waals surface area contributed by atoms with Gasteiger partial charge in [0.25, 0.3) is 0 Å². The van der Waals surface area contributed by atoms with Crippen molar-refractivity contribution in [3.8, 4) is 0 Å². The number of hydrogen-bond donors (Lipinski definition) is 2. The van der Waals surface area contributed by atoms with Crippen molar-refractivity contribution in [1.82, 2.24) is 0 Å². The van der Waals surface area contributed by atoms with Crippen molar-refractivity contribution in [3.05, 3.63) is 13.2 Å². The highest BCUT2D eigenvalue weighted by Gasteiger charge is 2.35. The lowest BCUT2D eigenvalue weighted by atomic mass is 9.79. The second-order valence-electron chi connectivity index (χ2n) is 3.17. The van der Waals surface area contributed by atoms with Gasteiger partial charge < -0.3 is 10.2 Å². The van der Waals surface area contributed by atoms with Crippen molar-refractivity contribution in [1.29, 1.82) is 0 Å². The molecule has 1 fully saturated rings. The maximum atomic E-state index is 10.6. The van der Waals surface area contributed by atoms with Gasteiger partial charge in [0.1, 0.15) is 0 Å². The number of carbonyl (C=O) groups is 2. The molecule has 0 heterocycles. The summed E-state index contributed by atoms with van der Waals surface area (Å²) in [5.41, 5.74) is 0. The van der Waals surface area contributed by atoms with E-state index in [1.54, 1.807) is 0 Å². The SMILES string of the molecule is C=C.O=C(O)C1CCCCC1C(=O)O. The summed E-state index contributed by atoms with van der Waals surface area (Å²) < 4.78 is 0. The predicted octanol–water partition coefficient (Wildman–Crippen LogP) is 1.76. The van der Waals surface area contributed by atoms with Crippen LogP contribution in [0.5, 0.6) is 0 Å². The molecular weight excluding hydrogens is 184 g/mol. The zero-order valence-electron chi connectivity index (χ0n) is 8.11. The largest absolute Gasteiger partial charge is 0.481 e. The Labute approximate surface area is 83.2 Å². The third-order valence-corrected chi connectivity index (χ3v) is 2.40. The summed E-state index contributed by atoms with van der Waals surface area (Å²) in [4.78, 5) is 21.2. The lowest BCUT2D eigenvalue weighted by molar-refractivity contribution is -0.155. The first-order valence-electron chi connectivity index (χ1n) is 4.58. The van der Waals surface area contributed by atoms with Crippen LogP contribution in [0.25, 0.3) is 0 Å². The van der Waals surface area contributed by atoms with Gasteiger partial charge in [0.2, 0.25) is 0 Å². The molecule has 0 aromatic carbocycles. The lowest BCUT2D eigenvalue weighted by Crippen LogP contribution is -2.32. The van der Waals surface area contributed by atoms with E-state index in [-0.39, 0.29) is 0 Å². The number of carboxylic acids is 2. The third-order valence-electron chi connectivity index (χ3n) is 2.40. The molecule has 0 radical (unpaired) electrons. The molecule has 0 aromatic rings. The van der Waals surface area contributed by atoms with Crippen molar-refractivity contribution in [2.75, 3.05) is 0 Å². The molecule has 1 rings (SSSR count). The summed E-state index contributed by atoms with van der Waals surface area (Å²) in [5, 5.41) is 17.4. The van der Waals surface area contributed by atoms with E-state index >= 15 is 0 Å². The first kappa shape index (κ1) is 12.7. The number of rotatable bonds is 2. The monoisotopic (exact) mass is 200 g/mol. The van der Waals surface area contributed by atoms with E-state index in [1.165, 1.54) is 0 Å². The highest BCUT2D eigenvalue weighted by molar-refractivity contribution is 5.80. The van der Waals surface area contributed by atoms with E-state index < -0.39 is 23.8 Å². The molecule has 0 amide bonds. The van der Waals surface area contributed by atoms with Gasteiger partial charge in [-0.15, -0.1) is 13.2 Å². The summed E-state index contributed by atoms with van der Waals surface area (Å²) in [6.45, 7) is 6.00. The highest BCUT2D eigenvalue weighted by atomic mass is 16.4. The van der Waals surface area contributed by atoms with Crippen LogP contribution < -0.4 is 0 Å². The molecule has 1 aliphatic rings. The summed E-state index contributed by atoms with van der Waals surface area (Å²) in [5.74, 6) is -3.28. The molecule has 2 atom stereocenters. The second kappa shape index (κ2) is 6.18. The van der Waals surface area contributed by atoms with Gasteiger partial charge in [-0.2, -0.15) is 0 Å². The maximum absolute atomic E-state index is 10.6. The minimum Gasteiger partial charge on any atom is -0.481 e. The minimum atomic E-state index is -0.970. The molecule has 0 aromatic heterocycles. The Hall–Kier alpha value is -1.32. The van der Waals surface area contributed by atoms with Crippen LogP contribution >= 0.6 is 0 Å². The van der Waals surface area contributed by atoms with Gasteiger partial charge in [-0.25, -0.2) is 0 Å². The van der Waals surface area contributed by atoms with Crippen LogP contribution in [0.2, 0.25) is 0 Å². The van der Waals surface area contributed by atoms with Gasteiger partial charge in [-0.3, -0.25) is 9.59 Å². The van der Waals surface area contributed by atoms with Crippen LogP contribution in [0.3, 0.4) is 0 Å². The fourth-order valence-electron chi connectivity index (χ4n) is 1.72. The molecule has 2 unspecified atom stereocenters. The highest BCUT2D eigenvalue weighted by Crippen LogP contribution is 2.30. The Bertz CT molecular complexity index is 190. The predicted molar refractivity (Wildman–Crippen MR) is 52.0 cm³/mol. The lowest BCUT2D eigenvalue weighted by Gasteiger charge is -2.24. The van der Waals surface area contributed by atoms with Crippen molar-refractivity contribution in [2.45, 2.75) is 25.7 Å². The van der Waals surface area contributed by atoms with E-state index in [0.29, 0.717) is 12.8 Å². The standard InChI is InChI=1S/C8H12O4.C2H4/c9-7(10)5-3-1-2-4-6(5)8(11)12;1-2/h5-6H,1-4H2,(H,9,10)(H,11,12);1-2H2. The van der Waals surface area contributed by atoms with Crippen LogP contribution in [0, 0.1) is 11.8 Å². The van der Waals surface area contributed by atoms with Gasteiger partial charge >= 0.3 is 11.9 Å². The van der Waals surface area contributed by atoms with Crippen LogP contribution in [0.15, 0.2) is 13.2 Å². The van der Waals surface area contributed by atoms with E-state index in [4.69, 9.17) is 10.2 Å². The molecule has 4 nitrogen and oxygen atoms in total. The molecule has 1 aliphatic carbocycles. The van der Waals surface area contributed by atoms with E-state index in [0.717, 1.165) is 12.8 Å². The Kier molecular flexibility index (Phi) is 5.60. The van der Waals surface area contributed by atoms with Crippen molar-refractivity contribution >= 4 is 11.9 Å². The Morgan fingerprint density at radius 3 is 1.43 bits per heavy atom. The average molecular weight is 200 g/mol. The summed E-state index contributed by atoms with van der Waals surface area (Å²) in [6, 6.07) is 0. The Balaban J connectivity index is 0.000000791. The molecule has 14 heavy (non-hydrogen) atoms. The van der Waals surface area contributed by atoms with Crippen molar-refractivity contribution in [3.63, 3.8) is 0 Å². The van der Waals surface area contributed by atoms with Crippen LogP contribution in [-0.4, -0.2) is 22.2 Å². The van der Waals surface area contributed by atoms with E-state index in [1.807, 2.05) is 0 Å². The van der Waals surface area contributed by atoms with Gasteiger partial charge in [0.15, 0.2) is 0 Å². The van der Waals surface area contributed by atoms with Crippen LogP contribution in [-0.2, 0) is 9.59 Å². The van der Waals surface area contributed by atoms with Gasteiger partial charge in [0, 0.05) is 0 Å². The molecule has 2 N–H and O–H groups in total. The molecule has 4 heteroatoms. The Morgan fingerprint density at radius 1 is 0.929 bits per heavy atom. The minimum absolute atomic E-state index is 0.506. The van der Waals surface area contributed by atoms with Gasteiger partial charge in [-0.05, 0) is 12.8 Å². The molecule has 80 valence electrons. The summed E-state index contributed by atoms with van der Waals surface area (Å²) in [6.07, 6.45) is 2.68. The fourth-order valence-corrected chi connectivity index (χ4v) is 1.72. The summed E-state index contributed by atoms with van der Waals surface area (Å²) in [7, 11) is 0. The zero-order chi connectivity index (χ0) is 11.1. The van der Waals surface area contributed by atoms with E-state index in [2.05, 4.69) is 13.2 Å². The van der Waals surface area contributed by atoms with E-state index in [9.17, 15) is 9.59 Å². The number of carboxylic acid groups (broad SMARTS) is 2. The number of hydrogen-bond acceptors (Lipinski definition) is 2. The number of aliphatic carboxylic acids is 2. The van der Waals surface area contributed by atoms with Crippen molar-refractivity contribution < 1.29 is 19.8 Å². The normalized spacial score (nSPS) is 25.7. The topological polar surface area (TPSA) is 74.6 Å². The first-order valence-corrected chi connectivity index (χ1v) is 4.58. The van der Waals surface area contributed by atoms with Gasteiger partial charge in [-0.1, -0.05) is 12.8 Å². The molecule has 0 spiro atoms. The summed E-state index contributed by atoms with van der Waals surface area (Å²) >= 11 is 0. The van der Waals surface area contributed by atoms with Gasteiger partial charge in [0.05, 0.1) is 11.8 Å². The molecule has 0 aliphatic heterocycles. The van der Waals surface area contributed by atoms with Crippen LogP contribution in [0.4, 0.5) is 0 Å². The first-order chi connectivity index (χ1) is 6.63. The zero-order valence-corrected chi connectivity index (χ0v) is 8.11. The second-order valence-corrected chi connectivity index (χ2v) is 3.17. The molecule has 0 bridgehead atoms. The molecule has 0 saturated heterocycles. The Morgan fingerprint density at radius 2 is 1.21 bits per heavy atom. The third kappa shape index (κ3) is 3.20. The van der Waals surface area contributed by atoms with Crippen molar-refractivity contribution in [2.24, 2.45) is 11.8 Å². The average Bonchev–Trinajstić information content (AvgIpc) is 2.20. The molecular formula is C10H16O4. The van der Waals surface area contributed by atoms with Crippen LogP contribution in [0.1, 0.15) is 25.7 Å². The smallest absolute Gasteiger partial charge is 0.307 e.